The fraction of sp³-hybridized carbons (Fsp3) is 0.172. The van der Waals surface area contributed by atoms with Gasteiger partial charge in [0.25, 0.3) is 0 Å². The summed E-state index contributed by atoms with van der Waals surface area (Å²) in [5.74, 6) is 0.967. The summed E-state index contributed by atoms with van der Waals surface area (Å²) < 4.78 is 2.66. The number of halogens is 1. The molecule has 5 aromatic rings. The summed E-state index contributed by atoms with van der Waals surface area (Å²) in [5, 5.41) is 18.2. The highest BCUT2D eigenvalue weighted by molar-refractivity contribution is 14.1. The Hall–Kier alpha value is -3.37. The first-order valence-electron chi connectivity index (χ1n) is 12.2. The van der Waals surface area contributed by atoms with Crippen molar-refractivity contribution in [1.29, 1.82) is 0 Å². The van der Waals surface area contributed by atoms with Crippen molar-refractivity contribution in [2.75, 3.05) is 23.0 Å². The van der Waals surface area contributed by atoms with E-state index in [1.54, 1.807) is 22.8 Å². The molecule has 184 valence electrons. The van der Waals surface area contributed by atoms with Gasteiger partial charge in [0.1, 0.15) is 19.4 Å². The van der Waals surface area contributed by atoms with E-state index in [1.807, 2.05) is 24.3 Å². The molecule has 0 atom stereocenters. The Labute approximate surface area is 231 Å². The molecule has 0 saturated heterocycles. The van der Waals surface area contributed by atoms with Gasteiger partial charge in [-0.15, -0.1) is 0 Å². The molecule has 5 rings (SSSR count). The molecule has 0 aliphatic rings. The standard InChI is InChI=1S/C29H27BIN5O/c30-25-18-33-36-28(17-26(34-29(25)36)24-12-4-5-13-27(24)37)32-14-7-15-35(20-31)19-21-8-6-11-23(16-21)22-9-2-1-3-10-22/h1-6,8-13,16-18,32,37H,7,14-15,19-20H2. The third kappa shape index (κ3) is 5.97. The maximum absolute atomic E-state index is 10.3. The summed E-state index contributed by atoms with van der Waals surface area (Å²) in [6.07, 6.45) is 2.55. The van der Waals surface area contributed by atoms with Crippen LogP contribution in [0.3, 0.4) is 0 Å². The number of rotatable bonds is 10. The number of hydrogen-bond acceptors (Lipinski definition) is 5. The highest BCUT2D eigenvalue weighted by Gasteiger charge is 2.13. The fourth-order valence-electron chi connectivity index (χ4n) is 4.37. The van der Waals surface area contributed by atoms with Crippen LogP contribution in [0.15, 0.2) is 91.1 Å². The normalized spacial score (nSPS) is 11.3. The number of nitrogens with one attached hydrogen (secondary N) is 1. The van der Waals surface area contributed by atoms with Crippen molar-refractivity contribution in [1.82, 2.24) is 19.5 Å². The van der Waals surface area contributed by atoms with E-state index in [0.717, 1.165) is 36.4 Å². The zero-order chi connectivity index (χ0) is 25.6. The minimum absolute atomic E-state index is 0.178. The Kier molecular flexibility index (Phi) is 8.06. The molecule has 37 heavy (non-hydrogen) atoms. The zero-order valence-electron chi connectivity index (χ0n) is 20.4. The SMILES string of the molecule is [B]c1cnn2c(NCCCN(CI)Cc3cccc(-c4ccccc4)c3)cc(-c3ccccc3O)nc12. The molecular weight excluding hydrogens is 572 g/mol. The molecule has 0 amide bonds. The largest absolute Gasteiger partial charge is 0.507 e. The molecule has 8 heteroatoms. The van der Waals surface area contributed by atoms with E-state index in [4.69, 9.17) is 7.85 Å². The number of alkyl halides is 1. The van der Waals surface area contributed by atoms with Crippen molar-refractivity contribution in [3.05, 3.63) is 96.7 Å². The maximum Gasteiger partial charge on any atom is 0.150 e. The van der Waals surface area contributed by atoms with Crippen LogP contribution < -0.4 is 10.8 Å². The van der Waals surface area contributed by atoms with Crippen LogP contribution >= 0.6 is 22.6 Å². The molecule has 0 bridgehead atoms. The van der Waals surface area contributed by atoms with Gasteiger partial charge in [0.2, 0.25) is 0 Å². The van der Waals surface area contributed by atoms with Gasteiger partial charge in [-0.2, -0.15) is 9.61 Å². The Bertz CT molecular complexity index is 1490. The van der Waals surface area contributed by atoms with Crippen LogP contribution in [-0.2, 0) is 6.54 Å². The number of benzene rings is 3. The average molecular weight is 599 g/mol. The first-order chi connectivity index (χ1) is 18.1. The number of phenolic OH excluding ortho intramolecular Hbond substituents is 1. The molecule has 0 saturated carbocycles. The highest BCUT2D eigenvalue weighted by atomic mass is 127. The summed E-state index contributed by atoms with van der Waals surface area (Å²) in [6, 6.07) is 28.3. The molecule has 6 nitrogen and oxygen atoms in total. The molecular formula is C29H27BIN5O. The van der Waals surface area contributed by atoms with Gasteiger partial charge in [-0.3, -0.25) is 4.90 Å². The van der Waals surface area contributed by atoms with E-state index >= 15 is 0 Å². The molecule has 2 radical (unpaired) electrons. The number of hydrogen-bond donors (Lipinski definition) is 2. The number of aromatic nitrogens is 3. The Morgan fingerprint density at radius 1 is 0.946 bits per heavy atom. The van der Waals surface area contributed by atoms with Gasteiger partial charge in [-0.25, -0.2) is 4.98 Å². The monoisotopic (exact) mass is 599 g/mol. The van der Waals surface area contributed by atoms with Crippen LogP contribution in [0.25, 0.3) is 28.0 Å². The molecule has 2 heterocycles. The summed E-state index contributed by atoms with van der Waals surface area (Å²) in [5.41, 5.74) is 6.15. The second-order valence-corrected chi connectivity index (χ2v) is 9.58. The summed E-state index contributed by atoms with van der Waals surface area (Å²) >= 11 is 2.43. The fourth-order valence-corrected chi connectivity index (χ4v) is 4.95. The summed E-state index contributed by atoms with van der Waals surface area (Å²) in [7, 11) is 6.12. The molecule has 2 N–H and O–H groups in total. The number of nitrogens with zero attached hydrogens (tertiary/aromatic N) is 4. The van der Waals surface area contributed by atoms with E-state index in [9.17, 15) is 5.11 Å². The molecule has 3 aromatic carbocycles. The van der Waals surface area contributed by atoms with Gasteiger partial charge in [-0.05, 0) is 46.8 Å². The van der Waals surface area contributed by atoms with Gasteiger partial charge in [0, 0.05) is 37.5 Å². The zero-order valence-corrected chi connectivity index (χ0v) is 22.5. The lowest BCUT2D eigenvalue weighted by Gasteiger charge is -2.20. The number of phenols is 1. The van der Waals surface area contributed by atoms with Gasteiger partial charge >= 0.3 is 0 Å². The van der Waals surface area contributed by atoms with Gasteiger partial charge in [0.05, 0.1) is 10.2 Å². The Morgan fingerprint density at radius 2 is 1.73 bits per heavy atom. The van der Waals surface area contributed by atoms with Gasteiger partial charge in [0.15, 0.2) is 5.65 Å². The maximum atomic E-state index is 10.3. The predicted octanol–water partition coefficient (Wildman–Crippen LogP) is 5.26. The van der Waals surface area contributed by atoms with Crippen LogP contribution in [0, 0.1) is 0 Å². The molecule has 0 unspecified atom stereocenters. The van der Waals surface area contributed by atoms with Crippen LogP contribution in [0.1, 0.15) is 12.0 Å². The number of aromatic hydroxyl groups is 1. The van der Waals surface area contributed by atoms with E-state index in [0.29, 0.717) is 22.4 Å². The highest BCUT2D eigenvalue weighted by Crippen LogP contribution is 2.29. The van der Waals surface area contributed by atoms with Crippen molar-refractivity contribution in [3.8, 4) is 28.1 Å². The lowest BCUT2D eigenvalue weighted by molar-refractivity contribution is 0.319. The molecule has 0 fully saturated rings. The number of para-hydroxylation sites is 1. The smallest absolute Gasteiger partial charge is 0.150 e. The number of anilines is 1. The molecule has 0 aliphatic heterocycles. The van der Waals surface area contributed by atoms with Gasteiger partial charge < -0.3 is 10.4 Å². The number of fused-ring (bicyclic) bond motifs is 1. The van der Waals surface area contributed by atoms with Crippen molar-refractivity contribution < 1.29 is 5.11 Å². The predicted molar refractivity (Wildman–Crippen MR) is 160 cm³/mol. The van der Waals surface area contributed by atoms with E-state index < -0.39 is 0 Å². The van der Waals surface area contributed by atoms with E-state index in [1.165, 1.54) is 16.7 Å². The Morgan fingerprint density at radius 3 is 2.54 bits per heavy atom. The summed E-state index contributed by atoms with van der Waals surface area (Å²) in [4.78, 5) is 7.08. The van der Waals surface area contributed by atoms with Crippen LogP contribution in [0.5, 0.6) is 5.75 Å². The second kappa shape index (κ2) is 11.8. The molecule has 0 spiro atoms. The second-order valence-electron chi connectivity index (χ2n) is 8.90. The van der Waals surface area contributed by atoms with Crippen molar-refractivity contribution in [3.63, 3.8) is 0 Å². The van der Waals surface area contributed by atoms with Crippen LogP contribution in [0.2, 0.25) is 0 Å². The topological polar surface area (TPSA) is 65.7 Å². The van der Waals surface area contributed by atoms with Gasteiger partial charge in [-0.1, -0.05) is 83.3 Å². The lowest BCUT2D eigenvalue weighted by atomic mass is 10.0. The van der Waals surface area contributed by atoms with E-state index in [2.05, 4.69) is 91.4 Å². The summed E-state index contributed by atoms with van der Waals surface area (Å²) in [6.45, 7) is 2.61. The molecule has 2 aromatic heterocycles. The third-order valence-electron chi connectivity index (χ3n) is 6.25. The van der Waals surface area contributed by atoms with Crippen molar-refractivity contribution >= 4 is 47.4 Å². The van der Waals surface area contributed by atoms with E-state index in [-0.39, 0.29) is 5.75 Å². The minimum atomic E-state index is 0.178. The minimum Gasteiger partial charge on any atom is -0.507 e. The first-order valence-corrected chi connectivity index (χ1v) is 13.7. The van der Waals surface area contributed by atoms with Crippen molar-refractivity contribution in [2.24, 2.45) is 0 Å². The first kappa shape index (κ1) is 25.3. The van der Waals surface area contributed by atoms with Crippen molar-refractivity contribution in [2.45, 2.75) is 13.0 Å². The third-order valence-corrected chi connectivity index (χ3v) is 7.21. The van der Waals surface area contributed by atoms with Crippen LogP contribution in [0.4, 0.5) is 5.82 Å². The quantitative estimate of drug-likeness (QED) is 0.0755. The van der Waals surface area contributed by atoms with Crippen LogP contribution in [-0.4, -0.2) is 50.1 Å². The average Bonchev–Trinajstić information content (AvgIpc) is 3.31. The Balaban J connectivity index is 1.24. The lowest BCUT2D eigenvalue weighted by Crippen LogP contribution is -2.24. The molecule has 0 aliphatic carbocycles.